The van der Waals surface area contributed by atoms with Crippen molar-refractivity contribution in [1.29, 1.82) is 0 Å². The first kappa shape index (κ1) is 26.4. The molecule has 0 spiro atoms. The van der Waals surface area contributed by atoms with E-state index in [1.807, 2.05) is 12.1 Å². The molecule has 0 radical (unpaired) electrons. The summed E-state index contributed by atoms with van der Waals surface area (Å²) < 4.78 is 7.48. The Morgan fingerprint density at radius 1 is 1.30 bits per heavy atom. The lowest BCUT2D eigenvalue weighted by molar-refractivity contribution is 0.292. The van der Waals surface area contributed by atoms with Crippen LogP contribution in [0.15, 0.2) is 34.1 Å². The SMILES string of the molecule is CCc1nncn1CCNC(=NCc1ccco1)NC(C)CCCN(CC)CC.I. The van der Waals surface area contributed by atoms with E-state index in [1.165, 1.54) is 6.42 Å². The normalized spacial score (nSPS) is 12.6. The highest BCUT2D eigenvalue weighted by Gasteiger charge is 2.08. The molecule has 0 aliphatic carbocycles. The summed E-state index contributed by atoms with van der Waals surface area (Å²) in [5.41, 5.74) is 0. The third-order valence-electron chi connectivity index (χ3n) is 5.02. The van der Waals surface area contributed by atoms with Gasteiger partial charge in [-0.3, -0.25) is 0 Å². The fourth-order valence-electron chi connectivity index (χ4n) is 3.21. The Morgan fingerprint density at radius 3 is 2.77 bits per heavy atom. The summed E-state index contributed by atoms with van der Waals surface area (Å²) in [4.78, 5) is 7.15. The first-order valence-corrected chi connectivity index (χ1v) is 10.8. The van der Waals surface area contributed by atoms with E-state index in [2.05, 4.69) is 58.0 Å². The molecule has 2 aromatic heterocycles. The quantitative estimate of drug-likeness (QED) is 0.235. The highest BCUT2D eigenvalue weighted by molar-refractivity contribution is 14.0. The highest BCUT2D eigenvalue weighted by Crippen LogP contribution is 2.03. The van der Waals surface area contributed by atoms with E-state index in [9.17, 15) is 0 Å². The molecule has 9 heteroatoms. The lowest BCUT2D eigenvalue weighted by atomic mass is 10.2. The van der Waals surface area contributed by atoms with Gasteiger partial charge in [-0.2, -0.15) is 0 Å². The smallest absolute Gasteiger partial charge is 0.191 e. The van der Waals surface area contributed by atoms with Crippen LogP contribution < -0.4 is 10.6 Å². The Balaban J connectivity index is 0.00000450. The van der Waals surface area contributed by atoms with Gasteiger partial charge in [0.1, 0.15) is 24.5 Å². The fraction of sp³-hybridized carbons (Fsp3) is 0.667. The molecular formula is C21H38IN7O. The summed E-state index contributed by atoms with van der Waals surface area (Å²) in [6, 6.07) is 4.17. The summed E-state index contributed by atoms with van der Waals surface area (Å²) in [5, 5.41) is 15.1. The molecule has 0 amide bonds. The van der Waals surface area contributed by atoms with E-state index in [-0.39, 0.29) is 24.0 Å². The van der Waals surface area contributed by atoms with Gasteiger partial charge in [0.15, 0.2) is 5.96 Å². The van der Waals surface area contributed by atoms with Crippen LogP contribution in [0.25, 0.3) is 0 Å². The van der Waals surface area contributed by atoms with Crippen LogP contribution in [0.4, 0.5) is 0 Å². The Kier molecular flexibility index (Phi) is 13.4. The Bertz CT molecular complexity index is 698. The van der Waals surface area contributed by atoms with Gasteiger partial charge in [0, 0.05) is 25.6 Å². The zero-order valence-corrected chi connectivity index (χ0v) is 21.1. The van der Waals surface area contributed by atoms with Gasteiger partial charge in [0.25, 0.3) is 0 Å². The summed E-state index contributed by atoms with van der Waals surface area (Å²) >= 11 is 0. The summed E-state index contributed by atoms with van der Waals surface area (Å²) in [7, 11) is 0. The number of furan rings is 1. The molecule has 0 aliphatic heterocycles. The number of nitrogens with one attached hydrogen (secondary N) is 2. The predicted molar refractivity (Wildman–Crippen MR) is 132 cm³/mol. The van der Waals surface area contributed by atoms with Crippen molar-refractivity contribution < 1.29 is 4.42 Å². The Hall–Kier alpha value is -1.62. The van der Waals surface area contributed by atoms with E-state index < -0.39 is 0 Å². The van der Waals surface area contributed by atoms with Crippen LogP contribution in [0.3, 0.4) is 0 Å². The third kappa shape index (κ3) is 9.46. The summed E-state index contributed by atoms with van der Waals surface area (Å²) in [5.74, 6) is 2.66. The monoisotopic (exact) mass is 531 g/mol. The molecule has 2 aromatic rings. The molecule has 30 heavy (non-hydrogen) atoms. The van der Waals surface area contributed by atoms with Crippen LogP contribution in [0, 0.1) is 0 Å². The van der Waals surface area contributed by atoms with Gasteiger partial charge in [0.05, 0.1) is 6.26 Å². The number of guanidine groups is 1. The summed E-state index contributed by atoms with van der Waals surface area (Å²) in [6.07, 6.45) is 6.61. The minimum atomic E-state index is 0. The number of hydrogen-bond acceptors (Lipinski definition) is 5. The molecule has 2 heterocycles. The first-order chi connectivity index (χ1) is 14.2. The molecule has 1 atom stereocenters. The second kappa shape index (κ2) is 15.2. The average Bonchev–Trinajstić information content (AvgIpc) is 3.41. The summed E-state index contributed by atoms with van der Waals surface area (Å²) in [6.45, 7) is 14.2. The van der Waals surface area contributed by atoms with Crippen molar-refractivity contribution in [3.63, 3.8) is 0 Å². The molecular weight excluding hydrogens is 493 g/mol. The van der Waals surface area contributed by atoms with E-state index in [0.29, 0.717) is 12.6 Å². The molecule has 170 valence electrons. The van der Waals surface area contributed by atoms with Crippen molar-refractivity contribution in [3.05, 3.63) is 36.3 Å². The molecule has 0 bridgehead atoms. The minimum Gasteiger partial charge on any atom is -0.467 e. The zero-order valence-electron chi connectivity index (χ0n) is 18.8. The van der Waals surface area contributed by atoms with Crippen LogP contribution in [-0.4, -0.2) is 57.8 Å². The standard InChI is InChI=1S/C21H37N7O.HI/c1-5-20-26-24-17-28(20)14-12-22-21(23-16-19-11-9-15-29-19)25-18(4)10-8-13-27(6-2)7-3;/h9,11,15,17-18H,5-8,10,12-14,16H2,1-4H3,(H2,22,23,25);1H. The molecule has 2 N–H and O–H groups in total. The Labute approximate surface area is 197 Å². The maximum Gasteiger partial charge on any atom is 0.191 e. The average molecular weight is 531 g/mol. The van der Waals surface area contributed by atoms with Gasteiger partial charge >= 0.3 is 0 Å². The Morgan fingerprint density at radius 2 is 2.10 bits per heavy atom. The minimum absolute atomic E-state index is 0. The second-order valence-electron chi connectivity index (χ2n) is 7.18. The number of aromatic nitrogens is 3. The van der Waals surface area contributed by atoms with Crippen molar-refractivity contribution in [2.75, 3.05) is 26.2 Å². The van der Waals surface area contributed by atoms with Crippen LogP contribution >= 0.6 is 24.0 Å². The van der Waals surface area contributed by atoms with Crippen LogP contribution in [-0.2, 0) is 19.5 Å². The topological polar surface area (TPSA) is 83.5 Å². The van der Waals surface area contributed by atoms with Gasteiger partial charge in [-0.05, 0) is 51.5 Å². The maximum absolute atomic E-state index is 5.41. The lowest BCUT2D eigenvalue weighted by Crippen LogP contribution is -2.43. The molecule has 1 unspecified atom stereocenters. The number of aryl methyl sites for hydroxylation is 1. The molecule has 2 rings (SSSR count). The molecule has 0 saturated heterocycles. The van der Waals surface area contributed by atoms with Gasteiger partial charge in [-0.25, -0.2) is 4.99 Å². The van der Waals surface area contributed by atoms with Crippen molar-refractivity contribution in [1.82, 2.24) is 30.3 Å². The van der Waals surface area contributed by atoms with E-state index in [4.69, 9.17) is 9.41 Å². The zero-order chi connectivity index (χ0) is 20.9. The van der Waals surface area contributed by atoms with Crippen molar-refractivity contribution in [2.24, 2.45) is 4.99 Å². The first-order valence-electron chi connectivity index (χ1n) is 10.8. The number of rotatable bonds is 13. The van der Waals surface area contributed by atoms with Crippen LogP contribution in [0.2, 0.25) is 0 Å². The van der Waals surface area contributed by atoms with Crippen molar-refractivity contribution >= 4 is 29.9 Å². The third-order valence-corrected chi connectivity index (χ3v) is 5.02. The largest absolute Gasteiger partial charge is 0.467 e. The molecule has 0 aliphatic rings. The van der Waals surface area contributed by atoms with Crippen molar-refractivity contribution in [3.8, 4) is 0 Å². The number of nitrogens with zero attached hydrogens (tertiary/aromatic N) is 5. The molecule has 0 saturated carbocycles. The number of halogens is 1. The van der Waals surface area contributed by atoms with Gasteiger partial charge in [-0.15, -0.1) is 34.2 Å². The van der Waals surface area contributed by atoms with Gasteiger partial charge in [0.2, 0.25) is 0 Å². The van der Waals surface area contributed by atoms with Crippen LogP contribution in [0.1, 0.15) is 52.1 Å². The fourth-order valence-corrected chi connectivity index (χ4v) is 3.21. The number of aliphatic imine (C=N–C) groups is 1. The molecule has 0 aromatic carbocycles. The highest BCUT2D eigenvalue weighted by atomic mass is 127. The maximum atomic E-state index is 5.41. The molecule has 0 fully saturated rings. The van der Waals surface area contributed by atoms with E-state index in [0.717, 1.165) is 63.1 Å². The number of hydrogen-bond donors (Lipinski definition) is 2. The molecule has 8 nitrogen and oxygen atoms in total. The van der Waals surface area contributed by atoms with E-state index >= 15 is 0 Å². The van der Waals surface area contributed by atoms with Crippen LogP contribution in [0.5, 0.6) is 0 Å². The van der Waals surface area contributed by atoms with Crippen molar-refractivity contribution in [2.45, 2.75) is 66.1 Å². The second-order valence-corrected chi connectivity index (χ2v) is 7.18. The van der Waals surface area contributed by atoms with E-state index in [1.54, 1.807) is 12.6 Å². The van der Waals surface area contributed by atoms with Gasteiger partial charge < -0.3 is 24.5 Å². The predicted octanol–water partition coefficient (Wildman–Crippen LogP) is 3.30. The van der Waals surface area contributed by atoms with Gasteiger partial charge in [-0.1, -0.05) is 20.8 Å². The lowest BCUT2D eigenvalue weighted by Gasteiger charge is -2.21.